The summed E-state index contributed by atoms with van der Waals surface area (Å²) in [6.45, 7) is 1.30. The van der Waals surface area contributed by atoms with E-state index in [1.807, 2.05) is 0 Å². The molecular formula is C10H11NO5. The molecule has 1 rings (SSSR count). The van der Waals surface area contributed by atoms with Gasteiger partial charge in [-0.1, -0.05) is 0 Å². The van der Waals surface area contributed by atoms with Gasteiger partial charge in [0.2, 0.25) is 0 Å². The fourth-order valence-electron chi connectivity index (χ4n) is 1.07. The molecule has 0 heterocycles. The van der Waals surface area contributed by atoms with Crippen molar-refractivity contribution >= 4 is 11.5 Å². The van der Waals surface area contributed by atoms with Crippen LogP contribution in [0.4, 0.5) is 5.69 Å². The fraction of sp³-hybridized carbons (Fsp3) is 0.300. The number of non-ortho nitro benzene ring substituents is 1. The molecule has 0 saturated heterocycles. The second-order valence-corrected chi connectivity index (χ2v) is 3.08. The third-order valence-electron chi connectivity index (χ3n) is 1.79. The monoisotopic (exact) mass is 225 g/mol. The average molecular weight is 225 g/mol. The summed E-state index contributed by atoms with van der Waals surface area (Å²) in [5, 5.41) is 10.5. The third kappa shape index (κ3) is 2.94. The molecule has 0 spiro atoms. The van der Waals surface area contributed by atoms with E-state index in [4.69, 9.17) is 9.47 Å². The number of carbonyl (C=O) groups is 1. The normalized spacial score (nSPS) is 9.62. The van der Waals surface area contributed by atoms with E-state index in [1.165, 1.54) is 32.2 Å². The van der Waals surface area contributed by atoms with Gasteiger partial charge in [-0.15, -0.1) is 0 Å². The average Bonchev–Trinajstić information content (AvgIpc) is 2.25. The molecule has 1 aromatic rings. The first-order valence-electron chi connectivity index (χ1n) is 4.49. The lowest BCUT2D eigenvalue weighted by Gasteiger charge is -2.08. The van der Waals surface area contributed by atoms with Crippen molar-refractivity contribution in [2.45, 2.75) is 6.92 Å². The Morgan fingerprint density at radius 3 is 2.62 bits per heavy atom. The van der Waals surface area contributed by atoms with Gasteiger partial charge in [-0.2, -0.15) is 0 Å². The van der Waals surface area contributed by atoms with Gasteiger partial charge in [0.15, 0.2) is 17.3 Å². The lowest BCUT2D eigenvalue weighted by molar-refractivity contribution is -0.384. The van der Waals surface area contributed by atoms with Crippen LogP contribution in [0.3, 0.4) is 0 Å². The minimum atomic E-state index is -0.530. The molecule has 0 saturated carbocycles. The molecule has 0 N–H and O–H groups in total. The number of rotatable bonds is 5. The zero-order valence-electron chi connectivity index (χ0n) is 8.93. The van der Waals surface area contributed by atoms with Crippen molar-refractivity contribution in [2.75, 3.05) is 13.7 Å². The number of nitrogens with zero attached hydrogens (tertiary/aromatic N) is 1. The van der Waals surface area contributed by atoms with Crippen LogP contribution in [0.1, 0.15) is 6.92 Å². The summed E-state index contributed by atoms with van der Waals surface area (Å²) in [6.07, 6.45) is 0. The number of hydrogen-bond acceptors (Lipinski definition) is 5. The molecule has 16 heavy (non-hydrogen) atoms. The van der Waals surface area contributed by atoms with Gasteiger partial charge >= 0.3 is 0 Å². The molecule has 0 fully saturated rings. The van der Waals surface area contributed by atoms with Gasteiger partial charge in [-0.25, -0.2) is 0 Å². The first-order chi connectivity index (χ1) is 7.54. The van der Waals surface area contributed by atoms with Crippen molar-refractivity contribution in [3.63, 3.8) is 0 Å². The molecule has 6 nitrogen and oxygen atoms in total. The van der Waals surface area contributed by atoms with Crippen LogP contribution in [0.25, 0.3) is 0 Å². The molecule has 0 aliphatic heterocycles. The Hall–Kier alpha value is -2.11. The Balaban J connectivity index is 2.93. The smallest absolute Gasteiger partial charge is 0.273 e. The van der Waals surface area contributed by atoms with Gasteiger partial charge in [-0.3, -0.25) is 14.9 Å². The quantitative estimate of drug-likeness (QED) is 0.561. The summed E-state index contributed by atoms with van der Waals surface area (Å²) >= 11 is 0. The second-order valence-electron chi connectivity index (χ2n) is 3.08. The summed E-state index contributed by atoms with van der Waals surface area (Å²) < 4.78 is 10.1. The summed E-state index contributed by atoms with van der Waals surface area (Å²) in [4.78, 5) is 20.7. The zero-order chi connectivity index (χ0) is 12.1. The number of ether oxygens (including phenoxy) is 2. The van der Waals surface area contributed by atoms with Crippen LogP contribution in [-0.4, -0.2) is 24.4 Å². The Bertz CT molecular complexity index is 416. The number of Topliss-reactive ketones (excluding diaryl/α,β-unsaturated/α-hetero) is 1. The number of hydrogen-bond donors (Lipinski definition) is 0. The maximum absolute atomic E-state index is 10.7. The molecule has 86 valence electrons. The molecule has 0 aromatic heterocycles. The van der Waals surface area contributed by atoms with Gasteiger partial charge in [0.25, 0.3) is 5.69 Å². The van der Waals surface area contributed by atoms with Crippen LogP contribution < -0.4 is 9.47 Å². The van der Waals surface area contributed by atoms with Crippen LogP contribution in [0.2, 0.25) is 0 Å². The van der Waals surface area contributed by atoms with Crippen molar-refractivity contribution in [2.24, 2.45) is 0 Å². The van der Waals surface area contributed by atoms with Gasteiger partial charge in [0, 0.05) is 6.07 Å². The van der Waals surface area contributed by atoms with Gasteiger partial charge in [-0.05, 0) is 13.0 Å². The SMILES string of the molecule is COc1cc([N+](=O)[O-])ccc1OCC(C)=O. The highest BCUT2D eigenvalue weighted by molar-refractivity contribution is 5.77. The van der Waals surface area contributed by atoms with Crippen LogP contribution in [0.15, 0.2) is 18.2 Å². The summed E-state index contributed by atoms with van der Waals surface area (Å²) in [6, 6.07) is 3.94. The Kier molecular flexibility index (Phi) is 3.82. The van der Waals surface area contributed by atoms with Crippen molar-refractivity contribution in [3.8, 4) is 11.5 Å². The van der Waals surface area contributed by atoms with Crippen molar-refractivity contribution in [1.29, 1.82) is 0 Å². The standard InChI is InChI=1S/C10H11NO5/c1-7(12)6-16-9-4-3-8(11(13)14)5-10(9)15-2/h3-5H,6H2,1-2H3. The highest BCUT2D eigenvalue weighted by Gasteiger charge is 2.12. The molecule has 0 bridgehead atoms. The van der Waals surface area contributed by atoms with Crippen LogP contribution >= 0.6 is 0 Å². The lowest BCUT2D eigenvalue weighted by Crippen LogP contribution is -2.07. The Morgan fingerprint density at radius 2 is 2.12 bits per heavy atom. The van der Waals surface area contributed by atoms with E-state index in [2.05, 4.69) is 0 Å². The van der Waals surface area contributed by atoms with E-state index < -0.39 is 4.92 Å². The second kappa shape index (κ2) is 5.11. The number of methoxy groups -OCH3 is 1. The number of nitro groups is 1. The number of benzene rings is 1. The predicted molar refractivity (Wildman–Crippen MR) is 55.8 cm³/mol. The lowest BCUT2D eigenvalue weighted by atomic mass is 10.3. The van der Waals surface area contributed by atoms with E-state index in [0.29, 0.717) is 5.75 Å². The molecular weight excluding hydrogens is 214 g/mol. The van der Waals surface area contributed by atoms with Crippen molar-refractivity contribution < 1.29 is 19.2 Å². The van der Waals surface area contributed by atoms with E-state index >= 15 is 0 Å². The number of ketones is 1. The van der Waals surface area contributed by atoms with Crippen LogP contribution in [-0.2, 0) is 4.79 Å². The van der Waals surface area contributed by atoms with E-state index in [9.17, 15) is 14.9 Å². The molecule has 6 heteroatoms. The number of nitro benzene ring substituents is 1. The maximum atomic E-state index is 10.7. The minimum absolute atomic E-state index is 0.0891. The molecule has 0 atom stereocenters. The van der Waals surface area contributed by atoms with Gasteiger partial charge in [0.1, 0.15) is 6.61 Å². The number of carbonyl (C=O) groups excluding carboxylic acids is 1. The minimum Gasteiger partial charge on any atom is -0.493 e. The molecule has 0 unspecified atom stereocenters. The molecule has 0 aliphatic carbocycles. The topological polar surface area (TPSA) is 78.7 Å². The van der Waals surface area contributed by atoms with E-state index in [1.54, 1.807) is 0 Å². The van der Waals surface area contributed by atoms with Crippen molar-refractivity contribution in [1.82, 2.24) is 0 Å². The van der Waals surface area contributed by atoms with E-state index in [-0.39, 0.29) is 23.8 Å². The largest absolute Gasteiger partial charge is 0.493 e. The highest BCUT2D eigenvalue weighted by atomic mass is 16.6. The van der Waals surface area contributed by atoms with E-state index in [0.717, 1.165) is 0 Å². The summed E-state index contributed by atoms with van der Waals surface area (Å²) in [5.41, 5.74) is -0.0907. The molecule has 0 amide bonds. The Morgan fingerprint density at radius 1 is 1.44 bits per heavy atom. The first kappa shape index (κ1) is 12.0. The van der Waals surface area contributed by atoms with Gasteiger partial charge < -0.3 is 9.47 Å². The predicted octanol–water partition coefficient (Wildman–Crippen LogP) is 1.57. The van der Waals surface area contributed by atoms with Crippen LogP contribution in [0, 0.1) is 10.1 Å². The molecule has 0 aliphatic rings. The molecule has 0 radical (unpaired) electrons. The molecule has 1 aromatic carbocycles. The first-order valence-corrected chi connectivity index (χ1v) is 4.49. The zero-order valence-corrected chi connectivity index (χ0v) is 8.93. The maximum Gasteiger partial charge on any atom is 0.273 e. The fourth-order valence-corrected chi connectivity index (χ4v) is 1.07. The summed E-state index contributed by atoms with van der Waals surface area (Å²) in [7, 11) is 1.37. The van der Waals surface area contributed by atoms with Crippen molar-refractivity contribution in [3.05, 3.63) is 28.3 Å². The van der Waals surface area contributed by atoms with Gasteiger partial charge in [0.05, 0.1) is 18.1 Å². The highest BCUT2D eigenvalue weighted by Crippen LogP contribution is 2.30. The summed E-state index contributed by atoms with van der Waals surface area (Å²) in [5.74, 6) is 0.402. The van der Waals surface area contributed by atoms with Crippen LogP contribution in [0.5, 0.6) is 11.5 Å². The Labute approximate surface area is 91.9 Å². The third-order valence-corrected chi connectivity index (χ3v) is 1.79.